The molecule has 0 N–H and O–H groups in total. The van der Waals surface area contributed by atoms with Gasteiger partial charge in [0.25, 0.3) is 0 Å². The molecular weight excluding hydrogens is 304 g/mol. The normalized spacial score (nSPS) is 11.2. The molecule has 0 atom stereocenters. The lowest BCUT2D eigenvalue weighted by Crippen LogP contribution is -1.78. The first-order valence-electron chi connectivity index (χ1n) is 8.46. The first kappa shape index (κ1) is 14.1. The molecule has 0 radical (unpaired) electrons. The zero-order valence-corrected chi connectivity index (χ0v) is 13.6. The molecular formula is C24H16O. The lowest BCUT2D eigenvalue weighted by molar-refractivity contribution is 0.669. The van der Waals surface area contributed by atoms with Gasteiger partial charge in [0.05, 0.1) is 0 Å². The SMILES string of the molecule is c1ccc(-c2ccc3oc4ccc(-c5ccccc5)cc4c3c2)cc1. The van der Waals surface area contributed by atoms with E-state index in [-0.39, 0.29) is 0 Å². The Hall–Kier alpha value is -3.32. The van der Waals surface area contributed by atoms with E-state index in [1.807, 2.05) is 12.1 Å². The number of hydrogen-bond donors (Lipinski definition) is 0. The van der Waals surface area contributed by atoms with E-state index in [1.54, 1.807) is 0 Å². The van der Waals surface area contributed by atoms with Crippen LogP contribution < -0.4 is 0 Å². The third kappa shape index (κ3) is 2.41. The van der Waals surface area contributed by atoms with Gasteiger partial charge in [-0.3, -0.25) is 0 Å². The number of fused-ring (bicyclic) bond motifs is 3. The molecule has 0 spiro atoms. The van der Waals surface area contributed by atoms with Crippen molar-refractivity contribution >= 4 is 21.9 Å². The predicted octanol–water partition coefficient (Wildman–Crippen LogP) is 6.92. The molecule has 1 aromatic heterocycles. The van der Waals surface area contributed by atoms with Crippen LogP contribution in [0, 0.1) is 0 Å². The molecule has 0 amide bonds. The molecule has 5 rings (SSSR count). The lowest BCUT2D eigenvalue weighted by atomic mass is 10.0. The number of furan rings is 1. The van der Waals surface area contributed by atoms with Crippen LogP contribution in [-0.2, 0) is 0 Å². The van der Waals surface area contributed by atoms with Gasteiger partial charge in [0, 0.05) is 10.8 Å². The van der Waals surface area contributed by atoms with Crippen LogP contribution in [0.2, 0.25) is 0 Å². The third-order valence-corrected chi connectivity index (χ3v) is 4.68. The summed E-state index contributed by atoms with van der Waals surface area (Å²) in [6, 6.07) is 33.8. The molecule has 0 unspecified atom stereocenters. The molecule has 0 fully saturated rings. The second-order valence-electron chi connectivity index (χ2n) is 6.26. The van der Waals surface area contributed by atoms with Gasteiger partial charge in [0.15, 0.2) is 0 Å². The standard InChI is InChI=1S/C24H16O/c1-3-7-17(8-4-1)19-11-13-23-21(15-19)22-16-20(12-14-24(22)25-23)18-9-5-2-6-10-18/h1-16H. The van der Waals surface area contributed by atoms with E-state index in [4.69, 9.17) is 4.42 Å². The van der Waals surface area contributed by atoms with Crippen molar-refractivity contribution in [1.29, 1.82) is 0 Å². The fraction of sp³-hybridized carbons (Fsp3) is 0. The topological polar surface area (TPSA) is 13.1 Å². The minimum Gasteiger partial charge on any atom is -0.456 e. The molecule has 5 aromatic rings. The van der Waals surface area contributed by atoms with Gasteiger partial charge in [0.1, 0.15) is 11.2 Å². The maximum atomic E-state index is 6.03. The van der Waals surface area contributed by atoms with E-state index >= 15 is 0 Å². The van der Waals surface area contributed by atoms with Crippen molar-refractivity contribution in [3.8, 4) is 22.3 Å². The highest BCUT2D eigenvalue weighted by molar-refractivity contribution is 6.07. The van der Waals surface area contributed by atoms with Crippen LogP contribution in [0.3, 0.4) is 0 Å². The summed E-state index contributed by atoms with van der Waals surface area (Å²) in [5.41, 5.74) is 6.72. The van der Waals surface area contributed by atoms with Gasteiger partial charge in [-0.15, -0.1) is 0 Å². The van der Waals surface area contributed by atoms with Gasteiger partial charge in [-0.2, -0.15) is 0 Å². The summed E-state index contributed by atoms with van der Waals surface area (Å²) in [6.45, 7) is 0. The molecule has 0 aliphatic rings. The monoisotopic (exact) mass is 320 g/mol. The highest BCUT2D eigenvalue weighted by Crippen LogP contribution is 2.34. The largest absolute Gasteiger partial charge is 0.456 e. The minimum absolute atomic E-state index is 0.930. The van der Waals surface area contributed by atoms with Gasteiger partial charge in [0.2, 0.25) is 0 Å². The van der Waals surface area contributed by atoms with Crippen molar-refractivity contribution in [1.82, 2.24) is 0 Å². The first-order valence-corrected chi connectivity index (χ1v) is 8.46. The Morgan fingerprint density at radius 1 is 0.400 bits per heavy atom. The van der Waals surface area contributed by atoms with Crippen molar-refractivity contribution < 1.29 is 4.42 Å². The molecule has 0 saturated heterocycles. The maximum absolute atomic E-state index is 6.03. The van der Waals surface area contributed by atoms with Gasteiger partial charge >= 0.3 is 0 Å². The van der Waals surface area contributed by atoms with Gasteiger partial charge in [-0.05, 0) is 46.5 Å². The van der Waals surface area contributed by atoms with E-state index in [0.717, 1.165) is 21.9 Å². The van der Waals surface area contributed by atoms with Crippen LogP contribution >= 0.6 is 0 Å². The highest BCUT2D eigenvalue weighted by Gasteiger charge is 2.10. The van der Waals surface area contributed by atoms with Gasteiger partial charge < -0.3 is 4.42 Å². The molecule has 0 bridgehead atoms. The molecule has 0 aliphatic heterocycles. The Morgan fingerprint density at radius 3 is 1.28 bits per heavy atom. The second-order valence-corrected chi connectivity index (χ2v) is 6.26. The van der Waals surface area contributed by atoms with Crippen LogP contribution in [-0.4, -0.2) is 0 Å². The van der Waals surface area contributed by atoms with Crippen molar-refractivity contribution in [2.24, 2.45) is 0 Å². The summed E-state index contributed by atoms with van der Waals surface area (Å²) in [6.07, 6.45) is 0. The second kappa shape index (κ2) is 5.64. The minimum atomic E-state index is 0.930. The van der Waals surface area contributed by atoms with E-state index < -0.39 is 0 Å². The quantitative estimate of drug-likeness (QED) is 0.344. The number of benzene rings is 4. The molecule has 4 aromatic carbocycles. The maximum Gasteiger partial charge on any atom is 0.135 e. The molecule has 0 aliphatic carbocycles. The van der Waals surface area contributed by atoms with Crippen LogP contribution in [0.1, 0.15) is 0 Å². The van der Waals surface area contributed by atoms with E-state index in [2.05, 4.69) is 84.9 Å². The van der Waals surface area contributed by atoms with Crippen molar-refractivity contribution in [2.45, 2.75) is 0 Å². The zero-order valence-electron chi connectivity index (χ0n) is 13.6. The summed E-state index contributed by atoms with van der Waals surface area (Å²) in [4.78, 5) is 0. The third-order valence-electron chi connectivity index (χ3n) is 4.68. The van der Waals surface area contributed by atoms with E-state index in [0.29, 0.717) is 0 Å². The van der Waals surface area contributed by atoms with E-state index in [1.165, 1.54) is 22.3 Å². The number of hydrogen-bond acceptors (Lipinski definition) is 1. The summed E-state index contributed by atoms with van der Waals surface area (Å²) in [5.74, 6) is 0. The van der Waals surface area contributed by atoms with Crippen molar-refractivity contribution in [3.05, 3.63) is 97.1 Å². The Balaban J connectivity index is 1.73. The highest BCUT2D eigenvalue weighted by atomic mass is 16.3. The van der Waals surface area contributed by atoms with Crippen LogP contribution in [0.25, 0.3) is 44.2 Å². The van der Waals surface area contributed by atoms with E-state index in [9.17, 15) is 0 Å². The molecule has 25 heavy (non-hydrogen) atoms. The summed E-state index contributed by atoms with van der Waals surface area (Å²) < 4.78 is 6.03. The van der Waals surface area contributed by atoms with Gasteiger partial charge in [-0.25, -0.2) is 0 Å². The Labute approximate surface area is 146 Å². The van der Waals surface area contributed by atoms with Crippen LogP contribution in [0.5, 0.6) is 0 Å². The molecule has 0 saturated carbocycles. The molecule has 1 nitrogen and oxygen atoms in total. The summed E-state index contributed by atoms with van der Waals surface area (Å²) >= 11 is 0. The number of rotatable bonds is 2. The van der Waals surface area contributed by atoms with Crippen molar-refractivity contribution in [2.75, 3.05) is 0 Å². The Morgan fingerprint density at radius 2 is 0.840 bits per heavy atom. The van der Waals surface area contributed by atoms with Crippen LogP contribution in [0.15, 0.2) is 101 Å². The molecule has 118 valence electrons. The zero-order chi connectivity index (χ0) is 16.6. The smallest absolute Gasteiger partial charge is 0.135 e. The predicted molar refractivity (Wildman–Crippen MR) is 105 cm³/mol. The Bertz CT molecular complexity index is 1070. The average molecular weight is 320 g/mol. The summed E-state index contributed by atoms with van der Waals surface area (Å²) in [7, 11) is 0. The molecule has 1 heteroatoms. The average Bonchev–Trinajstić information content (AvgIpc) is 3.06. The fourth-order valence-corrected chi connectivity index (χ4v) is 3.40. The lowest BCUT2D eigenvalue weighted by Gasteiger charge is -2.02. The fourth-order valence-electron chi connectivity index (χ4n) is 3.40. The van der Waals surface area contributed by atoms with Crippen LogP contribution in [0.4, 0.5) is 0 Å². The van der Waals surface area contributed by atoms with Gasteiger partial charge in [-0.1, -0.05) is 72.8 Å². The van der Waals surface area contributed by atoms with Crippen molar-refractivity contribution in [3.63, 3.8) is 0 Å². The first-order chi connectivity index (χ1) is 12.4. The Kier molecular flexibility index (Phi) is 3.17. The molecule has 1 heterocycles. The summed E-state index contributed by atoms with van der Waals surface area (Å²) in [5, 5.41) is 2.32.